The lowest BCUT2D eigenvalue weighted by Gasteiger charge is -2.02. The fourth-order valence-electron chi connectivity index (χ4n) is 1.52. The number of rotatable bonds is 2. The molecule has 0 fully saturated rings. The van der Waals surface area contributed by atoms with Crippen LogP contribution in [0.15, 0.2) is 30.5 Å². The van der Waals surface area contributed by atoms with E-state index in [0.29, 0.717) is 0 Å². The van der Waals surface area contributed by atoms with E-state index >= 15 is 0 Å². The van der Waals surface area contributed by atoms with E-state index in [9.17, 15) is 8.42 Å². The first-order valence-corrected chi connectivity index (χ1v) is 7.36. The molecule has 2 rings (SSSR count). The molecule has 0 aliphatic heterocycles. The minimum atomic E-state index is -3.21. The Bertz CT molecular complexity index is 601. The van der Waals surface area contributed by atoms with Crippen molar-refractivity contribution in [3.05, 3.63) is 36.0 Å². The lowest BCUT2D eigenvalue weighted by molar-refractivity contribution is 0.595. The van der Waals surface area contributed by atoms with Gasteiger partial charge in [-0.1, -0.05) is 28.1 Å². The molecule has 0 atom stereocenters. The molecule has 0 aliphatic carbocycles. The second-order valence-corrected chi connectivity index (χ2v) is 5.82. The second-order valence-electron chi connectivity index (χ2n) is 3.40. The van der Waals surface area contributed by atoms with Crippen LogP contribution in [0.3, 0.4) is 0 Å². The fourth-order valence-corrected chi connectivity index (χ4v) is 2.67. The molecule has 0 aliphatic rings. The maximum atomic E-state index is 11.5. The van der Waals surface area contributed by atoms with Gasteiger partial charge in [0.1, 0.15) is 0 Å². The third-order valence-electron chi connectivity index (χ3n) is 2.23. The molecule has 0 saturated carbocycles. The van der Waals surface area contributed by atoms with E-state index in [0.717, 1.165) is 21.8 Å². The summed E-state index contributed by atoms with van der Waals surface area (Å²) in [6.07, 6.45) is 2.78. The van der Waals surface area contributed by atoms with Crippen LogP contribution in [0.5, 0.6) is 0 Å². The Morgan fingerprint density at radius 2 is 2.07 bits per heavy atom. The molecule has 2 aromatic rings. The van der Waals surface area contributed by atoms with Gasteiger partial charge in [0.05, 0.1) is 11.8 Å². The highest BCUT2D eigenvalue weighted by atomic mass is 79.9. The molecule has 0 saturated heterocycles. The highest BCUT2D eigenvalue weighted by Crippen LogP contribution is 2.20. The summed E-state index contributed by atoms with van der Waals surface area (Å²) in [6.45, 7) is 0. The molecule has 0 amide bonds. The number of hydrogen-bond acceptors (Lipinski definition) is 2. The third-order valence-corrected chi connectivity index (χ3v) is 3.91. The van der Waals surface area contributed by atoms with Crippen molar-refractivity contribution >= 4 is 36.9 Å². The number of hydrogen-bond donors (Lipinski definition) is 0. The van der Waals surface area contributed by atoms with Crippen LogP contribution >= 0.6 is 15.9 Å². The lowest BCUT2D eigenvalue weighted by atomic mass is 10.2. The number of benzene rings is 1. The summed E-state index contributed by atoms with van der Waals surface area (Å²) in [5, 5.41) is 1.66. The van der Waals surface area contributed by atoms with Gasteiger partial charge in [0, 0.05) is 16.9 Å². The summed E-state index contributed by atoms with van der Waals surface area (Å²) in [6, 6.07) is 7.58. The fraction of sp³-hybridized carbons (Fsp3) is 0.200. The molecule has 0 spiro atoms. The summed E-state index contributed by atoms with van der Waals surface area (Å²) in [7, 11) is -3.21. The standard InChI is InChI=1S/C10H10BrNO2S/c1-15(13,14)12-5-4-9-3-2-8(7-11)6-10(9)12/h2-6H,7H2,1H3. The van der Waals surface area contributed by atoms with Gasteiger partial charge in [-0.15, -0.1) is 0 Å². The molecule has 1 heterocycles. The molecular formula is C10H10BrNO2S. The van der Waals surface area contributed by atoms with Gasteiger partial charge < -0.3 is 0 Å². The molecule has 1 aromatic carbocycles. The van der Waals surface area contributed by atoms with Crippen molar-refractivity contribution in [3.63, 3.8) is 0 Å². The first-order valence-electron chi connectivity index (χ1n) is 4.39. The Kier molecular flexibility index (Phi) is 2.60. The monoisotopic (exact) mass is 287 g/mol. The highest BCUT2D eigenvalue weighted by Gasteiger charge is 2.09. The SMILES string of the molecule is CS(=O)(=O)n1ccc2ccc(CBr)cc21. The molecule has 3 nitrogen and oxygen atoms in total. The van der Waals surface area contributed by atoms with Crippen LogP contribution in [0.2, 0.25) is 0 Å². The highest BCUT2D eigenvalue weighted by molar-refractivity contribution is 9.08. The number of nitrogens with zero attached hydrogens (tertiary/aromatic N) is 1. The van der Waals surface area contributed by atoms with Crippen LogP contribution in [0.25, 0.3) is 10.9 Å². The molecule has 0 radical (unpaired) electrons. The van der Waals surface area contributed by atoms with E-state index < -0.39 is 10.0 Å². The topological polar surface area (TPSA) is 39.1 Å². The predicted octanol–water partition coefficient (Wildman–Crippen LogP) is 2.34. The quantitative estimate of drug-likeness (QED) is 0.796. The minimum absolute atomic E-state index is 0.720. The zero-order valence-corrected chi connectivity index (χ0v) is 10.5. The Balaban J connectivity index is 2.78. The van der Waals surface area contributed by atoms with Gasteiger partial charge in [-0.25, -0.2) is 12.4 Å². The number of aromatic nitrogens is 1. The number of alkyl halides is 1. The average Bonchev–Trinajstić information content (AvgIpc) is 2.59. The first-order chi connectivity index (χ1) is 7.02. The van der Waals surface area contributed by atoms with Gasteiger partial charge in [0.2, 0.25) is 10.0 Å². The van der Waals surface area contributed by atoms with Crippen molar-refractivity contribution in [2.45, 2.75) is 5.33 Å². The van der Waals surface area contributed by atoms with Crippen LogP contribution in [-0.2, 0) is 15.4 Å². The number of fused-ring (bicyclic) bond motifs is 1. The zero-order valence-electron chi connectivity index (χ0n) is 8.14. The molecule has 15 heavy (non-hydrogen) atoms. The van der Waals surface area contributed by atoms with Gasteiger partial charge in [-0.05, 0) is 17.7 Å². The van der Waals surface area contributed by atoms with Gasteiger partial charge in [-0.3, -0.25) is 0 Å². The van der Waals surface area contributed by atoms with Gasteiger partial charge in [0.15, 0.2) is 0 Å². The Labute approximate surface area is 96.9 Å². The normalized spacial score (nSPS) is 12.1. The van der Waals surface area contributed by atoms with Gasteiger partial charge >= 0.3 is 0 Å². The van der Waals surface area contributed by atoms with E-state index in [-0.39, 0.29) is 0 Å². The van der Waals surface area contributed by atoms with Crippen LogP contribution in [0, 0.1) is 0 Å². The number of halogens is 1. The third kappa shape index (κ3) is 1.94. The molecule has 0 N–H and O–H groups in total. The molecule has 5 heteroatoms. The first kappa shape index (κ1) is 10.7. The maximum absolute atomic E-state index is 11.5. The Morgan fingerprint density at radius 1 is 1.33 bits per heavy atom. The van der Waals surface area contributed by atoms with Crippen molar-refractivity contribution in [2.24, 2.45) is 0 Å². The van der Waals surface area contributed by atoms with Crippen molar-refractivity contribution in [1.82, 2.24) is 3.97 Å². The van der Waals surface area contributed by atoms with Gasteiger partial charge in [0.25, 0.3) is 0 Å². The lowest BCUT2D eigenvalue weighted by Crippen LogP contribution is -2.08. The molecule has 0 bridgehead atoms. The Hall–Kier alpha value is -0.810. The summed E-state index contributed by atoms with van der Waals surface area (Å²) < 4.78 is 24.2. The van der Waals surface area contributed by atoms with Crippen LogP contribution in [-0.4, -0.2) is 18.6 Å². The van der Waals surface area contributed by atoms with Crippen LogP contribution in [0.4, 0.5) is 0 Å². The largest absolute Gasteiger partial charge is 0.245 e. The second kappa shape index (κ2) is 3.64. The van der Waals surface area contributed by atoms with E-state index in [1.54, 1.807) is 12.3 Å². The van der Waals surface area contributed by atoms with E-state index in [1.807, 2.05) is 18.2 Å². The molecule has 80 valence electrons. The smallest absolute Gasteiger partial charge is 0.236 e. The van der Waals surface area contributed by atoms with Crippen molar-refractivity contribution < 1.29 is 8.42 Å². The summed E-state index contributed by atoms with van der Waals surface area (Å²) >= 11 is 3.35. The molecular weight excluding hydrogens is 278 g/mol. The van der Waals surface area contributed by atoms with Crippen molar-refractivity contribution in [3.8, 4) is 0 Å². The van der Waals surface area contributed by atoms with Crippen molar-refractivity contribution in [2.75, 3.05) is 6.26 Å². The molecule has 0 unspecified atom stereocenters. The van der Waals surface area contributed by atoms with Crippen LogP contribution in [0.1, 0.15) is 5.56 Å². The average molecular weight is 288 g/mol. The van der Waals surface area contributed by atoms with Crippen molar-refractivity contribution in [1.29, 1.82) is 0 Å². The van der Waals surface area contributed by atoms with E-state index in [2.05, 4.69) is 15.9 Å². The van der Waals surface area contributed by atoms with Crippen LogP contribution < -0.4 is 0 Å². The summed E-state index contributed by atoms with van der Waals surface area (Å²) in [5.41, 5.74) is 1.79. The Morgan fingerprint density at radius 3 is 2.67 bits per heavy atom. The van der Waals surface area contributed by atoms with Gasteiger partial charge in [-0.2, -0.15) is 0 Å². The zero-order chi connectivity index (χ0) is 11.1. The van der Waals surface area contributed by atoms with E-state index in [1.165, 1.54) is 10.2 Å². The minimum Gasteiger partial charge on any atom is -0.245 e. The predicted molar refractivity (Wildman–Crippen MR) is 64.8 cm³/mol. The maximum Gasteiger partial charge on any atom is 0.236 e. The van der Waals surface area contributed by atoms with E-state index in [4.69, 9.17) is 0 Å². The summed E-state index contributed by atoms with van der Waals surface area (Å²) in [5.74, 6) is 0. The summed E-state index contributed by atoms with van der Waals surface area (Å²) in [4.78, 5) is 0. The molecule has 1 aromatic heterocycles.